The zero-order chi connectivity index (χ0) is 25.3. The molecule has 2 aromatic carbocycles. The third kappa shape index (κ3) is 4.34. The van der Waals surface area contributed by atoms with E-state index in [9.17, 15) is 0 Å². The first-order valence-electron chi connectivity index (χ1n) is 12.7. The highest BCUT2D eigenvalue weighted by atomic mass is 16.5. The average Bonchev–Trinajstić information content (AvgIpc) is 2.95. The van der Waals surface area contributed by atoms with Crippen molar-refractivity contribution in [3.05, 3.63) is 73.3 Å². The third-order valence-corrected chi connectivity index (χ3v) is 6.55. The van der Waals surface area contributed by atoms with Gasteiger partial charge in [0.15, 0.2) is 0 Å². The van der Waals surface area contributed by atoms with Crippen molar-refractivity contribution in [1.29, 1.82) is 0 Å². The molecule has 13 aliphatic heterocycles. The van der Waals surface area contributed by atoms with Crippen LogP contribution in [0, 0.1) is 0 Å². The molecule has 12 bridgehead atoms. The fraction of sp³-hybridized carbons (Fsp3) is 0.200. The SMILES string of the molecule is c1nc2c3ccc4cc(cnc42)OCCCOc2cnc4c(ccc5cc(cnc54)OCCCOc1c3)c2. The van der Waals surface area contributed by atoms with Crippen molar-refractivity contribution in [3.63, 3.8) is 0 Å². The minimum Gasteiger partial charge on any atom is -0.492 e. The number of aromatic nitrogens is 4. The van der Waals surface area contributed by atoms with Crippen LogP contribution in [0.15, 0.2) is 73.3 Å². The van der Waals surface area contributed by atoms with Crippen LogP contribution in [-0.2, 0) is 0 Å². The zero-order valence-corrected chi connectivity index (χ0v) is 20.6. The lowest BCUT2D eigenvalue weighted by Gasteiger charge is -2.11. The molecule has 8 heteroatoms. The number of ether oxygens (including phenoxy) is 4. The molecular formula is C30H24N4O4. The van der Waals surface area contributed by atoms with Gasteiger partial charge in [-0.3, -0.25) is 19.9 Å². The zero-order valence-electron chi connectivity index (χ0n) is 20.6. The minimum absolute atomic E-state index is 0.514. The highest BCUT2D eigenvalue weighted by molar-refractivity contribution is 6.04. The van der Waals surface area contributed by atoms with Crippen LogP contribution in [0.5, 0.6) is 23.0 Å². The predicted molar refractivity (Wildman–Crippen MR) is 145 cm³/mol. The quantitative estimate of drug-likeness (QED) is 0.237. The summed E-state index contributed by atoms with van der Waals surface area (Å²) in [6.45, 7) is 2.05. The molecule has 17 heterocycles. The summed E-state index contributed by atoms with van der Waals surface area (Å²) in [7, 11) is 0. The van der Waals surface area contributed by atoms with Gasteiger partial charge >= 0.3 is 0 Å². The Hall–Kier alpha value is -4.72. The van der Waals surface area contributed by atoms with Crippen molar-refractivity contribution in [2.24, 2.45) is 0 Å². The Morgan fingerprint density at radius 1 is 0.395 bits per heavy atom. The fourth-order valence-corrected chi connectivity index (χ4v) is 4.70. The lowest BCUT2D eigenvalue weighted by atomic mass is 10.1. The van der Waals surface area contributed by atoms with Crippen molar-refractivity contribution in [2.75, 3.05) is 26.4 Å². The normalized spacial score (nSPS) is 14.5. The van der Waals surface area contributed by atoms with E-state index in [0.717, 1.165) is 79.5 Å². The monoisotopic (exact) mass is 504 g/mol. The average molecular weight is 505 g/mol. The molecule has 13 aliphatic rings. The van der Waals surface area contributed by atoms with Crippen LogP contribution < -0.4 is 18.9 Å². The largest absolute Gasteiger partial charge is 0.492 e. The summed E-state index contributed by atoms with van der Waals surface area (Å²) in [6, 6.07) is 16.1. The van der Waals surface area contributed by atoms with E-state index in [1.165, 1.54) is 0 Å². The predicted octanol–water partition coefficient (Wildman–Crippen LogP) is 5.89. The second-order valence-corrected chi connectivity index (χ2v) is 9.20. The molecule has 8 nitrogen and oxygen atoms in total. The third-order valence-electron chi connectivity index (χ3n) is 6.55. The topological polar surface area (TPSA) is 88.5 Å². The van der Waals surface area contributed by atoms with Gasteiger partial charge in [-0.15, -0.1) is 0 Å². The van der Waals surface area contributed by atoms with Gasteiger partial charge in [0.25, 0.3) is 0 Å². The van der Waals surface area contributed by atoms with Crippen LogP contribution in [0.25, 0.3) is 43.6 Å². The molecule has 0 unspecified atom stereocenters. The van der Waals surface area contributed by atoms with Crippen LogP contribution in [0.4, 0.5) is 0 Å². The van der Waals surface area contributed by atoms with Crippen molar-refractivity contribution >= 4 is 43.6 Å². The van der Waals surface area contributed by atoms with Gasteiger partial charge in [-0.05, 0) is 24.3 Å². The number of rotatable bonds is 0. The summed E-state index contributed by atoms with van der Waals surface area (Å²) in [6.07, 6.45) is 8.42. The molecule has 6 aromatic rings. The fourth-order valence-electron chi connectivity index (χ4n) is 4.70. The molecule has 0 radical (unpaired) electrons. The molecule has 0 fully saturated rings. The maximum Gasteiger partial charge on any atom is 0.138 e. The summed E-state index contributed by atoms with van der Waals surface area (Å²) in [5, 5.41) is 3.91. The Bertz CT molecular complexity index is 1540. The standard InChI is InChI=1S/C30H24N4O4/c1-7-35-23-11-19-3-5-21-13-25(17-33-29(21)27(19)31-15-23)37-9-2-10-38-26-14-22-6-4-20-12-24(36-8-1)16-32-28(20)30(22)34-18-26/h3-6,11-18H,1-2,7-10H2. The number of hydrogen-bond donors (Lipinski definition) is 0. The van der Waals surface area contributed by atoms with Crippen molar-refractivity contribution < 1.29 is 18.9 Å². The molecule has 0 N–H and O–H groups in total. The molecule has 4 aromatic heterocycles. The van der Waals surface area contributed by atoms with E-state index in [2.05, 4.69) is 19.9 Å². The molecule has 19 rings (SSSR count). The van der Waals surface area contributed by atoms with E-state index in [1.807, 2.05) is 48.5 Å². The Morgan fingerprint density at radius 2 is 0.658 bits per heavy atom. The molecule has 0 amide bonds. The second kappa shape index (κ2) is 9.63. The van der Waals surface area contributed by atoms with E-state index in [1.54, 1.807) is 24.8 Å². The van der Waals surface area contributed by atoms with Gasteiger partial charge < -0.3 is 18.9 Å². The summed E-state index contributed by atoms with van der Waals surface area (Å²) >= 11 is 0. The van der Waals surface area contributed by atoms with Gasteiger partial charge in [-0.25, -0.2) is 0 Å². The van der Waals surface area contributed by atoms with Crippen LogP contribution >= 0.6 is 0 Å². The Morgan fingerprint density at radius 3 is 0.921 bits per heavy atom. The Kier molecular flexibility index (Phi) is 5.69. The number of pyridine rings is 4. The smallest absolute Gasteiger partial charge is 0.138 e. The van der Waals surface area contributed by atoms with Gasteiger partial charge in [0.2, 0.25) is 0 Å². The molecule has 0 saturated heterocycles. The van der Waals surface area contributed by atoms with Gasteiger partial charge in [0, 0.05) is 34.4 Å². The first-order chi connectivity index (χ1) is 18.8. The summed E-state index contributed by atoms with van der Waals surface area (Å²) in [5.74, 6) is 2.87. The van der Waals surface area contributed by atoms with Gasteiger partial charge in [0.05, 0.1) is 73.3 Å². The molecule has 0 aliphatic carbocycles. The van der Waals surface area contributed by atoms with E-state index in [-0.39, 0.29) is 0 Å². The summed E-state index contributed by atoms with van der Waals surface area (Å²) < 4.78 is 23.8. The van der Waals surface area contributed by atoms with Crippen LogP contribution in [0.2, 0.25) is 0 Å². The van der Waals surface area contributed by atoms with E-state index < -0.39 is 0 Å². The Labute approximate surface area is 218 Å². The number of nitrogens with zero attached hydrogens (tertiary/aromatic N) is 4. The Balaban J connectivity index is 1.18. The van der Waals surface area contributed by atoms with Crippen molar-refractivity contribution in [3.8, 4) is 23.0 Å². The molecule has 38 heavy (non-hydrogen) atoms. The van der Waals surface area contributed by atoms with Gasteiger partial charge in [0.1, 0.15) is 23.0 Å². The lowest BCUT2D eigenvalue weighted by molar-refractivity contribution is 0.246. The maximum absolute atomic E-state index is 5.94. The molecule has 188 valence electrons. The van der Waals surface area contributed by atoms with Crippen LogP contribution in [0.1, 0.15) is 12.8 Å². The molecular weight excluding hydrogens is 480 g/mol. The first kappa shape index (κ1) is 22.5. The van der Waals surface area contributed by atoms with Crippen LogP contribution in [0.3, 0.4) is 0 Å². The molecule has 0 atom stereocenters. The van der Waals surface area contributed by atoms with E-state index in [4.69, 9.17) is 18.9 Å². The van der Waals surface area contributed by atoms with Gasteiger partial charge in [-0.1, -0.05) is 24.3 Å². The number of benzene rings is 2. The van der Waals surface area contributed by atoms with Gasteiger partial charge in [-0.2, -0.15) is 0 Å². The lowest BCUT2D eigenvalue weighted by Crippen LogP contribution is -2.06. The minimum atomic E-state index is 0.514. The van der Waals surface area contributed by atoms with E-state index >= 15 is 0 Å². The highest BCUT2D eigenvalue weighted by Gasteiger charge is 2.09. The van der Waals surface area contributed by atoms with E-state index in [0.29, 0.717) is 26.4 Å². The van der Waals surface area contributed by atoms with Crippen LogP contribution in [-0.4, -0.2) is 46.4 Å². The van der Waals surface area contributed by atoms with Crippen molar-refractivity contribution in [1.82, 2.24) is 19.9 Å². The van der Waals surface area contributed by atoms with Crippen molar-refractivity contribution in [2.45, 2.75) is 12.8 Å². The number of hydrogen-bond acceptors (Lipinski definition) is 8. The highest BCUT2D eigenvalue weighted by Crippen LogP contribution is 2.29. The summed E-state index contributed by atoms with van der Waals surface area (Å²) in [4.78, 5) is 18.5. The maximum atomic E-state index is 5.94. The molecule has 0 spiro atoms. The molecule has 0 saturated carbocycles. The second-order valence-electron chi connectivity index (χ2n) is 9.20. The first-order valence-corrected chi connectivity index (χ1v) is 12.7. The summed E-state index contributed by atoms with van der Waals surface area (Å²) in [5.41, 5.74) is 3.34.